The zero-order valence-corrected chi connectivity index (χ0v) is 15.9. The fourth-order valence-electron chi connectivity index (χ4n) is 3.38. The number of nitrogens with zero attached hydrogens (tertiary/aromatic N) is 5. The summed E-state index contributed by atoms with van der Waals surface area (Å²) in [7, 11) is 1.40. The van der Waals surface area contributed by atoms with Gasteiger partial charge in [-0.05, 0) is 25.1 Å². The van der Waals surface area contributed by atoms with Gasteiger partial charge in [-0.25, -0.2) is 9.97 Å². The highest BCUT2D eigenvalue weighted by atomic mass is 19.4. The third-order valence-electron chi connectivity index (χ3n) is 4.74. The van der Waals surface area contributed by atoms with Crippen molar-refractivity contribution in [2.75, 3.05) is 12.0 Å². The summed E-state index contributed by atoms with van der Waals surface area (Å²) in [5.74, 6) is -0.449. The molecule has 0 radical (unpaired) electrons. The molecule has 3 aromatic rings. The summed E-state index contributed by atoms with van der Waals surface area (Å²) in [5, 5.41) is 13.4. The highest BCUT2D eigenvalue weighted by molar-refractivity contribution is 6.10. The fourth-order valence-corrected chi connectivity index (χ4v) is 3.38. The smallest absolute Gasteiger partial charge is 0.408 e. The van der Waals surface area contributed by atoms with Crippen molar-refractivity contribution in [3.8, 4) is 22.9 Å². The summed E-state index contributed by atoms with van der Waals surface area (Å²) in [6.45, 7) is 0.492. The molecule has 0 saturated heterocycles. The van der Waals surface area contributed by atoms with Crippen LogP contribution in [0.5, 0.6) is 11.6 Å². The molecule has 1 amide bonds. The molecule has 0 bridgehead atoms. The van der Waals surface area contributed by atoms with Crippen LogP contribution in [0.25, 0.3) is 11.3 Å². The van der Waals surface area contributed by atoms with E-state index >= 15 is 0 Å². The number of carbonyl (C=O) groups excluding carboxylic acids is 1. The number of anilines is 1. The first-order valence-corrected chi connectivity index (χ1v) is 8.85. The highest BCUT2D eigenvalue weighted by Crippen LogP contribution is 2.38. The van der Waals surface area contributed by atoms with Crippen LogP contribution in [0.15, 0.2) is 36.8 Å². The van der Waals surface area contributed by atoms with Crippen molar-refractivity contribution in [1.29, 1.82) is 0 Å². The van der Waals surface area contributed by atoms with Crippen LogP contribution < -0.4 is 9.64 Å². The van der Waals surface area contributed by atoms with Gasteiger partial charge in [0.25, 0.3) is 11.8 Å². The molecule has 0 fully saturated rings. The molecular weight excluding hydrogens is 403 g/mol. The van der Waals surface area contributed by atoms with Crippen molar-refractivity contribution in [3.63, 3.8) is 0 Å². The summed E-state index contributed by atoms with van der Waals surface area (Å²) in [5.41, 5.74) is 2.17. The maximum absolute atomic E-state index is 12.9. The molecule has 0 spiro atoms. The molecule has 11 heteroatoms. The van der Waals surface area contributed by atoms with Gasteiger partial charge in [0.1, 0.15) is 6.54 Å². The zero-order valence-electron chi connectivity index (χ0n) is 15.9. The Kier molecular flexibility index (Phi) is 4.60. The van der Waals surface area contributed by atoms with Crippen molar-refractivity contribution in [1.82, 2.24) is 19.7 Å². The summed E-state index contributed by atoms with van der Waals surface area (Å²) in [6.07, 6.45) is -0.583. The minimum absolute atomic E-state index is 0.178. The maximum atomic E-state index is 12.9. The van der Waals surface area contributed by atoms with E-state index in [4.69, 9.17) is 4.74 Å². The number of aromatic hydroxyl groups is 1. The number of hydrogen-bond acceptors (Lipinski definition) is 6. The Morgan fingerprint density at radius 1 is 1.27 bits per heavy atom. The Labute approximate surface area is 168 Å². The monoisotopic (exact) mass is 419 g/mol. The molecule has 1 atom stereocenters. The molecule has 1 N–H and O–H groups in total. The van der Waals surface area contributed by atoms with Crippen LogP contribution in [-0.2, 0) is 6.54 Å². The molecule has 1 unspecified atom stereocenters. The lowest BCUT2D eigenvalue weighted by Gasteiger charge is -2.19. The van der Waals surface area contributed by atoms with E-state index in [9.17, 15) is 23.1 Å². The minimum Gasteiger partial charge on any atom is -0.491 e. The van der Waals surface area contributed by atoms with Crippen LogP contribution in [-0.4, -0.2) is 44.0 Å². The largest absolute Gasteiger partial charge is 0.491 e. The second kappa shape index (κ2) is 7.01. The van der Waals surface area contributed by atoms with Gasteiger partial charge in [-0.2, -0.15) is 18.3 Å². The SMILES string of the molecule is COc1cc(-c2ccc3c(n2)C(C)N(c2cnn(CC(F)(F)F)c2)C3=O)cnc1O. The Hall–Kier alpha value is -3.63. The lowest BCUT2D eigenvalue weighted by Crippen LogP contribution is -2.26. The summed E-state index contributed by atoms with van der Waals surface area (Å²) in [4.78, 5) is 22.6. The number of alkyl halides is 3. The van der Waals surface area contributed by atoms with E-state index in [2.05, 4.69) is 15.1 Å². The summed E-state index contributed by atoms with van der Waals surface area (Å²) in [6, 6.07) is 4.30. The normalized spacial score (nSPS) is 16.1. The quantitative estimate of drug-likeness (QED) is 0.697. The van der Waals surface area contributed by atoms with Crippen LogP contribution in [0, 0.1) is 0 Å². The number of carbonyl (C=O) groups is 1. The predicted octanol–water partition coefficient (Wildman–Crippen LogP) is 3.34. The second-order valence-corrected chi connectivity index (χ2v) is 6.74. The maximum Gasteiger partial charge on any atom is 0.408 e. The van der Waals surface area contributed by atoms with Gasteiger partial charge in [-0.15, -0.1) is 0 Å². The predicted molar refractivity (Wildman–Crippen MR) is 99.2 cm³/mol. The van der Waals surface area contributed by atoms with E-state index in [1.807, 2.05) is 0 Å². The molecule has 1 aliphatic heterocycles. The Morgan fingerprint density at radius 3 is 2.73 bits per heavy atom. The van der Waals surface area contributed by atoms with Crippen LogP contribution in [0.1, 0.15) is 29.0 Å². The van der Waals surface area contributed by atoms with Gasteiger partial charge in [0.15, 0.2) is 5.75 Å². The van der Waals surface area contributed by atoms with Gasteiger partial charge in [-0.1, -0.05) is 0 Å². The number of ether oxygens (including phenoxy) is 1. The molecule has 0 saturated carbocycles. The van der Waals surface area contributed by atoms with Crippen LogP contribution in [0.2, 0.25) is 0 Å². The first-order valence-electron chi connectivity index (χ1n) is 8.85. The molecule has 3 aromatic heterocycles. The molecule has 4 heterocycles. The van der Waals surface area contributed by atoms with Crippen molar-refractivity contribution in [3.05, 3.63) is 48.0 Å². The number of hydrogen-bond donors (Lipinski definition) is 1. The Balaban J connectivity index is 1.66. The van der Waals surface area contributed by atoms with E-state index < -0.39 is 18.8 Å². The van der Waals surface area contributed by atoms with E-state index in [1.165, 1.54) is 30.6 Å². The van der Waals surface area contributed by atoms with Gasteiger partial charge >= 0.3 is 6.18 Å². The van der Waals surface area contributed by atoms with Gasteiger partial charge in [0.05, 0.1) is 42.0 Å². The molecule has 1 aliphatic rings. The fraction of sp³-hybridized carbons (Fsp3) is 0.263. The summed E-state index contributed by atoms with van der Waals surface area (Å²) >= 11 is 0. The van der Waals surface area contributed by atoms with Crippen molar-refractivity contribution >= 4 is 11.6 Å². The second-order valence-electron chi connectivity index (χ2n) is 6.74. The van der Waals surface area contributed by atoms with Crippen molar-refractivity contribution in [2.45, 2.75) is 25.7 Å². The molecule has 156 valence electrons. The molecule has 30 heavy (non-hydrogen) atoms. The first kappa shape index (κ1) is 19.7. The number of aromatic nitrogens is 4. The first-order chi connectivity index (χ1) is 14.2. The lowest BCUT2D eigenvalue weighted by molar-refractivity contribution is -0.142. The Bertz CT molecular complexity index is 1130. The van der Waals surface area contributed by atoms with Gasteiger partial charge < -0.3 is 9.84 Å². The number of rotatable bonds is 4. The van der Waals surface area contributed by atoms with Crippen molar-refractivity contribution in [2.24, 2.45) is 0 Å². The van der Waals surface area contributed by atoms with Crippen LogP contribution in [0.3, 0.4) is 0 Å². The molecule has 8 nitrogen and oxygen atoms in total. The molecule has 0 aromatic carbocycles. The third kappa shape index (κ3) is 3.42. The average molecular weight is 419 g/mol. The van der Waals surface area contributed by atoms with Gasteiger partial charge in [0.2, 0.25) is 0 Å². The number of methoxy groups -OCH3 is 1. The molecular formula is C19H16F3N5O3. The lowest BCUT2D eigenvalue weighted by atomic mass is 10.1. The highest BCUT2D eigenvalue weighted by Gasteiger charge is 2.37. The van der Waals surface area contributed by atoms with E-state index in [0.29, 0.717) is 22.5 Å². The van der Waals surface area contributed by atoms with E-state index in [-0.39, 0.29) is 23.2 Å². The topological polar surface area (TPSA) is 93.4 Å². The number of pyridine rings is 2. The van der Waals surface area contributed by atoms with Gasteiger partial charge in [-0.3, -0.25) is 14.4 Å². The molecule has 0 aliphatic carbocycles. The number of halogens is 3. The van der Waals surface area contributed by atoms with E-state index in [1.54, 1.807) is 25.1 Å². The Morgan fingerprint density at radius 2 is 2.03 bits per heavy atom. The molecule has 4 rings (SSSR count). The number of amides is 1. The third-order valence-corrected chi connectivity index (χ3v) is 4.74. The van der Waals surface area contributed by atoms with Gasteiger partial charge in [0, 0.05) is 18.0 Å². The minimum atomic E-state index is -4.41. The van der Waals surface area contributed by atoms with Crippen LogP contribution in [0.4, 0.5) is 18.9 Å². The average Bonchev–Trinajstić information content (AvgIpc) is 3.23. The van der Waals surface area contributed by atoms with Crippen molar-refractivity contribution < 1.29 is 27.8 Å². The summed E-state index contributed by atoms with van der Waals surface area (Å²) < 4.78 is 43.6. The standard InChI is InChI=1S/C19H16F3N5O3/c1-10-16-13(3-4-14(25-16)11-5-15(30-2)17(28)23-6-11)18(29)27(10)12-7-24-26(8-12)9-19(20,21)22/h3-8,10H,9H2,1-2H3,(H,23,28). The zero-order chi connectivity index (χ0) is 21.6. The van der Waals surface area contributed by atoms with Crippen LogP contribution >= 0.6 is 0 Å². The van der Waals surface area contributed by atoms with E-state index in [0.717, 1.165) is 4.68 Å². The number of fused-ring (bicyclic) bond motifs is 1.